The number of unbranched alkanes of at least 4 members (excludes halogenated alkanes) is 5. The Morgan fingerprint density at radius 2 is 1.48 bits per heavy atom. The summed E-state index contributed by atoms with van der Waals surface area (Å²) in [6, 6.07) is 12.6. The molecule has 27 heavy (non-hydrogen) atoms. The van der Waals surface area contributed by atoms with Crippen LogP contribution in [0.3, 0.4) is 0 Å². The first-order chi connectivity index (χ1) is 13.2. The van der Waals surface area contributed by atoms with Crippen LogP contribution in [0.5, 0.6) is 11.5 Å². The summed E-state index contributed by atoms with van der Waals surface area (Å²) in [7, 11) is 1.67. The molecule has 0 unspecified atom stereocenters. The highest BCUT2D eigenvalue weighted by Gasteiger charge is 2.06. The molecule has 1 N–H and O–H groups in total. The van der Waals surface area contributed by atoms with E-state index in [1.54, 1.807) is 19.2 Å². The van der Waals surface area contributed by atoms with E-state index < -0.39 is 0 Å². The van der Waals surface area contributed by atoms with Crippen LogP contribution in [0.25, 0.3) is 0 Å². The number of hydrogen-bond donors (Lipinski definition) is 1. The topological polar surface area (TPSA) is 30.5 Å². The van der Waals surface area contributed by atoms with E-state index in [0.29, 0.717) is 13.1 Å². The van der Waals surface area contributed by atoms with E-state index in [-0.39, 0.29) is 5.82 Å². The van der Waals surface area contributed by atoms with E-state index in [0.717, 1.165) is 35.7 Å². The van der Waals surface area contributed by atoms with Gasteiger partial charge < -0.3 is 14.8 Å². The normalized spacial score (nSPS) is 10.8. The van der Waals surface area contributed by atoms with Crippen molar-refractivity contribution in [2.24, 2.45) is 0 Å². The van der Waals surface area contributed by atoms with Crippen molar-refractivity contribution in [1.29, 1.82) is 0 Å². The lowest BCUT2D eigenvalue weighted by Gasteiger charge is -2.13. The molecule has 2 aromatic rings. The Hall–Kier alpha value is -2.07. The summed E-state index contributed by atoms with van der Waals surface area (Å²) in [4.78, 5) is 0. The van der Waals surface area contributed by atoms with Gasteiger partial charge in [0, 0.05) is 13.1 Å². The van der Waals surface area contributed by atoms with Crippen molar-refractivity contribution in [2.45, 2.75) is 58.5 Å². The Kier molecular flexibility index (Phi) is 9.70. The third-order valence-corrected chi connectivity index (χ3v) is 4.55. The predicted octanol–water partition coefficient (Wildman–Crippen LogP) is 5.86. The second-order valence-corrected chi connectivity index (χ2v) is 6.83. The van der Waals surface area contributed by atoms with Crippen LogP contribution in [-0.4, -0.2) is 13.7 Å². The molecule has 0 aromatic heterocycles. The first-order valence-electron chi connectivity index (χ1n) is 9.97. The molecule has 2 aromatic carbocycles. The molecule has 0 bridgehead atoms. The van der Waals surface area contributed by atoms with Gasteiger partial charge in [-0.2, -0.15) is 0 Å². The van der Waals surface area contributed by atoms with Gasteiger partial charge in [0.25, 0.3) is 0 Å². The zero-order chi connectivity index (χ0) is 19.3. The quantitative estimate of drug-likeness (QED) is 0.446. The second kappa shape index (κ2) is 12.3. The van der Waals surface area contributed by atoms with E-state index >= 15 is 0 Å². The second-order valence-electron chi connectivity index (χ2n) is 6.83. The number of halogens is 1. The maximum atomic E-state index is 12.9. The zero-order valence-corrected chi connectivity index (χ0v) is 16.6. The number of hydrogen-bond acceptors (Lipinski definition) is 3. The third kappa shape index (κ3) is 8.00. The van der Waals surface area contributed by atoms with Gasteiger partial charge in [-0.3, -0.25) is 0 Å². The first kappa shape index (κ1) is 21.2. The summed E-state index contributed by atoms with van der Waals surface area (Å²) in [5, 5.41) is 3.37. The Labute approximate surface area is 162 Å². The minimum absolute atomic E-state index is 0.208. The molecule has 0 aliphatic carbocycles. The molecular formula is C23H32FNO2. The Morgan fingerprint density at radius 3 is 2.22 bits per heavy atom. The van der Waals surface area contributed by atoms with Crippen molar-refractivity contribution in [3.05, 3.63) is 59.4 Å². The molecule has 0 spiro atoms. The molecule has 0 aliphatic rings. The van der Waals surface area contributed by atoms with E-state index in [9.17, 15) is 4.39 Å². The summed E-state index contributed by atoms with van der Waals surface area (Å²) < 4.78 is 24.3. The van der Waals surface area contributed by atoms with Crippen LogP contribution in [0.1, 0.15) is 56.6 Å². The highest BCUT2D eigenvalue weighted by atomic mass is 19.1. The zero-order valence-electron chi connectivity index (χ0n) is 16.6. The lowest BCUT2D eigenvalue weighted by atomic mass is 10.1. The summed E-state index contributed by atoms with van der Waals surface area (Å²) in [5.74, 6) is 1.36. The van der Waals surface area contributed by atoms with Gasteiger partial charge in [-0.1, -0.05) is 57.2 Å². The summed E-state index contributed by atoms with van der Waals surface area (Å²) in [6.07, 6.45) is 7.50. The number of ether oxygens (including phenoxy) is 2. The van der Waals surface area contributed by atoms with Gasteiger partial charge in [0.1, 0.15) is 5.82 Å². The maximum absolute atomic E-state index is 12.9. The first-order valence-corrected chi connectivity index (χ1v) is 9.97. The Bertz CT molecular complexity index is 658. The lowest BCUT2D eigenvalue weighted by molar-refractivity contribution is 0.284. The van der Waals surface area contributed by atoms with Crippen LogP contribution >= 0.6 is 0 Å². The Morgan fingerprint density at radius 1 is 0.815 bits per heavy atom. The number of methoxy groups -OCH3 is 1. The number of nitrogens with one attached hydrogen (secondary N) is 1. The minimum atomic E-state index is -0.208. The molecule has 0 atom stereocenters. The van der Waals surface area contributed by atoms with E-state index in [1.165, 1.54) is 44.2 Å². The van der Waals surface area contributed by atoms with Crippen molar-refractivity contribution in [3.8, 4) is 11.5 Å². The number of benzene rings is 2. The molecule has 4 heteroatoms. The maximum Gasteiger partial charge on any atom is 0.161 e. The van der Waals surface area contributed by atoms with Gasteiger partial charge in [0.15, 0.2) is 11.5 Å². The van der Waals surface area contributed by atoms with Crippen LogP contribution in [0.4, 0.5) is 4.39 Å². The van der Waals surface area contributed by atoms with Gasteiger partial charge >= 0.3 is 0 Å². The molecule has 0 aliphatic heterocycles. The monoisotopic (exact) mass is 373 g/mol. The molecule has 148 valence electrons. The number of rotatable bonds is 13. The Balaban J connectivity index is 1.74. The molecule has 0 amide bonds. The van der Waals surface area contributed by atoms with Crippen LogP contribution < -0.4 is 14.8 Å². The van der Waals surface area contributed by atoms with Gasteiger partial charge in [-0.05, 0) is 41.8 Å². The van der Waals surface area contributed by atoms with E-state index in [1.807, 2.05) is 12.1 Å². The summed E-state index contributed by atoms with van der Waals surface area (Å²) in [6.45, 7) is 4.37. The van der Waals surface area contributed by atoms with Gasteiger partial charge in [0.2, 0.25) is 0 Å². The fourth-order valence-electron chi connectivity index (χ4n) is 2.96. The highest BCUT2D eigenvalue weighted by Crippen LogP contribution is 2.28. The third-order valence-electron chi connectivity index (χ3n) is 4.55. The van der Waals surface area contributed by atoms with Crippen molar-refractivity contribution in [2.75, 3.05) is 13.7 Å². The van der Waals surface area contributed by atoms with Crippen molar-refractivity contribution in [3.63, 3.8) is 0 Å². The molecule has 0 heterocycles. The average molecular weight is 374 g/mol. The molecule has 3 nitrogen and oxygen atoms in total. The minimum Gasteiger partial charge on any atom is -0.493 e. The molecular weight excluding hydrogens is 341 g/mol. The lowest BCUT2D eigenvalue weighted by Crippen LogP contribution is -2.12. The highest BCUT2D eigenvalue weighted by molar-refractivity contribution is 5.43. The van der Waals surface area contributed by atoms with Crippen LogP contribution in [0, 0.1) is 5.82 Å². The van der Waals surface area contributed by atoms with Crippen LogP contribution in [0.2, 0.25) is 0 Å². The molecule has 0 fully saturated rings. The fraction of sp³-hybridized carbons (Fsp3) is 0.478. The van der Waals surface area contributed by atoms with Crippen molar-refractivity contribution >= 4 is 0 Å². The SMILES string of the molecule is CCCCCCCCOc1ccc(CNCc2ccc(F)cc2)cc1OC. The van der Waals surface area contributed by atoms with Crippen molar-refractivity contribution < 1.29 is 13.9 Å². The fourth-order valence-corrected chi connectivity index (χ4v) is 2.96. The standard InChI is InChI=1S/C23H32FNO2/c1-3-4-5-6-7-8-15-27-22-14-11-20(16-23(22)26-2)18-25-17-19-9-12-21(24)13-10-19/h9-14,16,25H,3-8,15,17-18H2,1-2H3. The summed E-state index contributed by atoms with van der Waals surface area (Å²) in [5.41, 5.74) is 2.18. The van der Waals surface area contributed by atoms with Gasteiger partial charge in [-0.15, -0.1) is 0 Å². The smallest absolute Gasteiger partial charge is 0.161 e. The van der Waals surface area contributed by atoms with E-state index in [2.05, 4.69) is 18.3 Å². The summed E-state index contributed by atoms with van der Waals surface area (Å²) >= 11 is 0. The van der Waals surface area contributed by atoms with Crippen LogP contribution in [-0.2, 0) is 13.1 Å². The van der Waals surface area contributed by atoms with Crippen molar-refractivity contribution in [1.82, 2.24) is 5.32 Å². The predicted molar refractivity (Wildman–Crippen MR) is 109 cm³/mol. The average Bonchev–Trinajstić information content (AvgIpc) is 2.69. The van der Waals surface area contributed by atoms with Gasteiger partial charge in [0.05, 0.1) is 13.7 Å². The molecule has 0 radical (unpaired) electrons. The van der Waals surface area contributed by atoms with Crippen LogP contribution in [0.15, 0.2) is 42.5 Å². The van der Waals surface area contributed by atoms with Gasteiger partial charge in [-0.25, -0.2) is 4.39 Å². The largest absolute Gasteiger partial charge is 0.493 e. The molecule has 2 rings (SSSR count). The molecule has 0 saturated carbocycles. The molecule has 0 saturated heterocycles. The van der Waals surface area contributed by atoms with E-state index in [4.69, 9.17) is 9.47 Å².